The SMILES string of the molecule is O=NC1CCc2cc(Nc3c(-c4ccc(O)c(F)c4)nc4cnccn34)ccc21. The van der Waals surface area contributed by atoms with Gasteiger partial charge < -0.3 is 10.4 Å². The van der Waals surface area contributed by atoms with E-state index in [1.165, 1.54) is 12.1 Å². The zero-order valence-electron chi connectivity index (χ0n) is 15.2. The highest BCUT2D eigenvalue weighted by Gasteiger charge is 2.24. The normalized spacial score (nSPS) is 15.4. The Kier molecular flexibility index (Phi) is 3.97. The molecule has 0 saturated heterocycles. The Morgan fingerprint density at radius 2 is 2.14 bits per heavy atom. The number of anilines is 2. The van der Waals surface area contributed by atoms with Gasteiger partial charge in [0.2, 0.25) is 0 Å². The number of rotatable bonds is 4. The number of halogens is 1. The first-order valence-corrected chi connectivity index (χ1v) is 9.17. The van der Waals surface area contributed by atoms with E-state index >= 15 is 0 Å². The van der Waals surface area contributed by atoms with Gasteiger partial charge in [0, 0.05) is 23.6 Å². The number of phenols is 1. The van der Waals surface area contributed by atoms with Gasteiger partial charge in [-0.15, -0.1) is 0 Å². The summed E-state index contributed by atoms with van der Waals surface area (Å²) in [5.74, 6) is -0.477. The predicted octanol–water partition coefficient (Wildman–Crippen LogP) is 4.74. The number of aromatic nitrogens is 3. The first-order valence-electron chi connectivity index (χ1n) is 9.17. The van der Waals surface area contributed by atoms with E-state index in [1.54, 1.807) is 24.7 Å². The average Bonchev–Trinajstić information content (AvgIpc) is 3.31. The molecule has 0 radical (unpaired) electrons. The Morgan fingerprint density at radius 3 is 2.97 bits per heavy atom. The number of hydrogen-bond acceptors (Lipinski definition) is 6. The number of imidazole rings is 1. The standard InChI is InChI=1S/C21H16FN5O2/c22-16-10-13(2-6-18(16)28)20-21(27-8-7-23-11-19(27)25-20)24-14-3-4-15-12(9-14)1-5-17(15)26-29/h2-4,6-11,17,24,28H,1,5H2. The zero-order valence-corrected chi connectivity index (χ0v) is 15.2. The van der Waals surface area contributed by atoms with E-state index in [1.807, 2.05) is 22.6 Å². The summed E-state index contributed by atoms with van der Waals surface area (Å²) in [6, 6.07) is 9.70. The second kappa shape index (κ2) is 6.66. The van der Waals surface area contributed by atoms with Crippen molar-refractivity contribution in [2.75, 3.05) is 5.32 Å². The molecule has 8 heteroatoms. The topological polar surface area (TPSA) is 91.9 Å². The van der Waals surface area contributed by atoms with Crippen molar-refractivity contribution in [2.45, 2.75) is 18.9 Å². The summed E-state index contributed by atoms with van der Waals surface area (Å²) in [5.41, 5.74) is 4.54. The van der Waals surface area contributed by atoms with Gasteiger partial charge in [-0.2, -0.15) is 4.91 Å². The number of aryl methyl sites for hydroxylation is 1. The number of fused-ring (bicyclic) bond motifs is 2. The summed E-state index contributed by atoms with van der Waals surface area (Å²) in [7, 11) is 0. The van der Waals surface area contributed by atoms with Gasteiger partial charge in [0.15, 0.2) is 17.2 Å². The van der Waals surface area contributed by atoms with Gasteiger partial charge in [-0.25, -0.2) is 9.37 Å². The molecule has 0 amide bonds. The molecule has 2 heterocycles. The van der Waals surface area contributed by atoms with Gasteiger partial charge in [-0.3, -0.25) is 9.38 Å². The number of hydrogen-bond donors (Lipinski definition) is 2. The highest BCUT2D eigenvalue weighted by molar-refractivity contribution is 5.80. The minimum atomic E-state index is -0.714. The lowest BCUT2D eigenvalue weighted by atomic mass is 10.1. The third-order valence-corrected chi connectivity index (χ3v) is 5.23. The van der Waals surface area contributed by atoms with Gasteiger partial charge >= 0.3 is 0 Å². The third kappa shape index (κ3) is 2.89. The lowest BCUT2D eigenvalue weighted by Crippen LogP contribution is -1.98. The molecule has 1 aliphatic rings. The summed E-state index contributed by atoms with van der Waals surface area (Å²) in [5, 5.41) is 16.1. The maximum absolute atomic E-state index is 13.9. The summed E-state index contributed by atoms with van der Waals surface area (Å²) < 4.78 is 15.8. The number of aromatic hydroxyl groups is 1. The Hall–Kier alpha value is -3.81. The molecule has 2 aromatic carbocycles. The first-order chi connectivity index (χ1) is 14.1. The molecule has 0 saturated carbocycles. The van der Waals surface area contributed by atoms with E-state index in [0.29, 0.717) is 22.7 Å². The number of phenolic OH excluding ortho intramolecular Hbond substituents is 1. The van der Waals surface area contributed by atoms with Gasteiger partial charge in [-0.05, 0) is 54.3 Å². The summed E-state index contributed by atoms with van der Waals surface area (Å²) in [6.07, 6.45) is 6.55. The van der Waals surface area contributed by atoms with E-state index in [-0.39, 0.29) is 6.04 Å². The molecular weight excluding hydrogens is 373 g/mol. The molecule has 0 fully saturated rings. The van der Waals surface area contributed by atoms with Crippen LogP contribution in [0.25, 0.3) is 16.9 Å². The molecule has 0 spiro atoms. The second-order valence-electron chi connectivity index (χ2n) is 6.98. The van der Waals surface area contributed by atoms with Crippen molar-refractivity contribution < 1.29 is 9.50 Å². The van der Waals surface area contributed by atoms with E-state index in [2.05, 4.69) is 20.5 Å². The van der Waals surface area contributed by atoms with Crippen molar-refractivity contribution in [1.29, 1.82) is 0 Å². The average molecular weight is 389 g/mol. The van der Waals surface area contributed by atoms with Crippen LogP contribution >= 0.6 is 0 Å². The Balaban J connectivity index is 1.61. The predicted molar refractivity (Wildman–Crippen MR) is 107 cm³/mol. The molecule has 2 N–H and O–H groups in total. The zero-order chi connectivity index (χ0) is 20.0. The number of nitrogens with zero attached hydrogens (tertiary/aromatic N) is 4. The van der Waals surface area contributed by atoms with E-state index in [4.69, 9.17) is 0 Å². The molecule has 1 aliphatic carbocycles. The van der Waals surface area contributed by atoms with E-state index in [9.17, 15) is 14.4 Å². The molecule has 144 valence electrons. The van der Waals surface area contributed by atoms with Crippen LogP contribution in [0.3, 0.4) is 0 Å². The largest absolute Gasteiger partial charge is 0.505 e. The highest BCUT2D eigenvalue weighted by atomic mass is 19.1. The number of benzene rings is 2. The molecule has 0 aliphatic heterocycles. The number of nitroso groups, excluding NO2 is 1. The Labute approximate surface area is 164 Å². The van der Waals surface area contributed by atoms with Crippen LogP contribution < -0.4 is 5.32 Å². The molecule has 29 heavy (non-hydrogen) atoms. The van der Waals surface area contributed by atoms with Crippen LogP contribution in [0.15, 0.2) is 60.2 Å². The van der Waals surface area contributed by atoms with Crippen LogP contribution in [0.4, 0.5) is 15.9 Å². The second-order valence-corrected chi connectivity index (χ2v) is 6.98. The van der Waals surface area contributed by atoms with Crippen molar-refractivity contribution in [3.8, 4) is 17.0 Å². The molecule has 0 bridgehead atoms. The van der Waals surface area contributed by atoms with Crippen molar-refractivity contribution in [3.63, 3.8) is 0 Å². The minimum absolute atomic E-state index is 0.281. The van der Waals surface area contributed by atoms with Gasteiger partial charge in [-0.1, -0.05) is 11.2 Å². The van der Waals surface area contributed by atoms with Crippen molar-refractivity contribution in [3.05, 3.63) is 76.8 Å². The van der Waals surface area contributed by atoms with Crippen molar-refractivity contribution in [2.24, 2.45) is 5.18 Å². The van der Waals surface area contributed by atoms with Crippen LogP contribution in [0, 0.1) is 10.7 Å². The monoisotopic (exact) mass is 389 g/mol. The smallest absolute Gasteiger partial charge is 0.165 e. The maximum Gasteiger partial charge on any atom is 0.165 e. The fraction of sp³-hybridized carbons (Fsp3) is 0.143. The fourth-order valence-electron chi connectivity index (χ4n) is 3.80. The molecule has 1 unspecified atom stereocenters. The molecule has 4 aromatic rings. The van der Waals surface area contributed by atoms with Gasteiger partial charge in [0.05, 0.1) is 6.20 Å². The maximum atomic E-state index is 13.9. The van der Waals surface area contributed by atoms with Crippen molar-refractivity contribution >= 4 is 17.2 Å². The van der Waals surface area contributed by atoms with Crippen molar-refractivity contribution in [1.82, 2.24) is 14.4 Å². The minimum Gasteiger partial charge on any atom is -0.505 e. The van der Waals surface area contributed by atoms with Crippen LogP contribution in [-0.4, -0.2) is 19.5 Å². The molecular formula is C21H16FN5O2. The van der Waals surface area contributed by atoms with E-state index in [0.717, 1.165) is 29.7 Å². The first kappa shape index (κ1) is 17.3. The molecule has 7 nitrogen and oxygen atoms in total. The summed E-state index contributed by atoms with van der Waals surface area (Å²) in [4.78, 5) is 19.7. The Bertz CT molecular complexity index is 1250. The molecule has 2 aromatic heterocycles. The van der Waals surface area contributed by atoms with Crippen LogP contribution in [0.2, 0.25) is 0 Å². The van der Waals surface area contributed by atoms with Crippen LogP contribution in [0.5, 0.6) is 5.75 Å². The summed E-state index contributed by atoms with van der Waals surface area (Å²) >= 11 is 0. The quantitative estimate of drug-likeness (QED) is 0.492. The van der Waals surface area contributed by atoms with Crippen LogP contribution in [-0.2, 0) is 6.42 Å². The lowest BCUT2D eigenvalue weighted by Gasteiger charge is -2.11. The van der Waals surface area contributed by atoms with Crippen LogP contribution in [0.1, 0.15) is 23.6 Å². The van der Waals surface area contributed by atoms with E-state index < -0.39 is 11.6 Å². The number of nitrogens with one attached hydrogen (secondary N) is 1. The highest BCUT2D eigenvalue weighted by Crippen LogP contribution is 2.37. The third-order valence-electron chi connectivity index (χ3n) is 5.23. The summed E-state index contributed by atoms with van der Waals surface area (Å²) in [6.45, 7) is 0. The molecule has 5 rings (SSSR count). The lowest BCUT2D eigenvalue weighted by molar-refractivity contribution is 0.432. The van der Waals surface area contributed by atoms with Gasteiger partial charge in [0.1, 0.15) is 17.6 Å². The molecule has 1 atom stereocenters. The van der Waals surface area contributed by atoms with Gasteiger partial charge in [0.25, 0.3) is 0 Å². The fourth-order valence-corrected chi connectivity index (χ4v) is 3.80. The Morgan fingerprint density at radius 1 is 1.24 bits per heavy atom.